The number of carbonyl (C=O) groups is 2. The SMILES string of the molecule is NC(=O)C=CCC(=O)Nc1ccccc1. The number of anilines is 1. The van der Waals surface area contributed by atoms with E-state index >= 15 is 0 Å². The average molecular weight is 204 g/mol. The van der Waals surface area contributed by atoms with Crippen LogP contribution in [0.15, 0.2) is 42.5 Å². The molecule has 2 amide bonds. The van der Waals surface area contributed by atoms with Gasteiger partial charge in [0.05, 0.1) is 0 Å². The molecule has 1 aromatic carbocycles. The molecular weight excluding hydrogens is 192 g/mol. The van der Waals surface area contributed by atoms with Crippen molar-refractivity contribution in [2.75, 3.05) is 5.32 Å². The van der Waals surface area contributed by atoms with Crippen molar-refractivity contribution in [3.8, 4) is 0 Å². The Labute approximate surface area is 87.8 Å². The third kappa shape index (κ3) is 4.61. The van der Waals surface area contributed by atoms with Crippen molar-refractivity contribution >= 4 is 17.5 Å². The Morgan fingerprint density at radius 1 is 1.27 bits per heavy atom. The van der Waals surface area contributed by atoms with E-state index in [-0.39, 0.29) is 12.3 Å². The van der Waals surface area contributed by atoms with Crippen molar-refractivity contribution < 1.29 is 9.59 Å². The van der Waals surface area contributed by atoms with Gasteiger partial charge in [0.15, 0.2) is 0 Å². The Kier molecular flexibility index (Phi) is 4.09. The topological polar surface area (TPSA) is 72.2 Å². The van der Waals surface area contributed by atoms with E-state index in [0.29, 0.717) is 0 Å². The second-order valence-corrected chi connectivity index (χ2v) is 2.92. The number of primary amides is 1. The smallest absolute Gasteiger partial charge is 0.241 e. The highest BCUT2D eigenvalue weighted by molar-refractivity contribution is 5.93. The van der Waals surface area contributed by atoms with Gasteiger partial charge < -0.3 is 11.1 Å². The van der Waals surface area contributed by atoms with Gasteiger partial charge in [-0.25, -0.2) is 0 Å². The van der Waals surface area contributed by atoms with Crippen molar-refractivity contribution in [1.82, 2.24) is 0 Å². The maximum atomic E-state index is 11.3. The summed E-state index contributed by atoms with van der Waals surface area (Å²) in [6.45, 7) is 0. The van der Waals surface area contributed by atoms with Gasteiger partial charge in [0.2, 0.25) is 11.8 Å². The molecule has 3 N–H and O–H groups in total. The van der Waals surface area contributed by atoms with Crippen molar-refractivity contribution in [2.24, 2.45) is 5.73 Å². The van der Waals surface area contributed by atoms with E-state index in [9.17, 15) is 9.59 Å². The molecule has 0 saturated heterocycles. The first-order chi connectivity index (χ1) is 7.18. The third-order valence-electron chi connectivity index (χ3n) is 1.64. The lowest BCUT2D eigenvalue weighted by Crippen LogP contribution is -2.11. The predicted octanol–water partition coefficient (Wildman–Crippen LogP) is 1.06. The first kappa shape index (κ1) is 11.0. The molecule has 1 aromatic rings. The number of para-hydroxylation sites is 1. The van der Waals surface area contributed by atoms with E-state index in [1.54, 1.807) is 12.1 Å². The molecule has 15 heavy (non-hydrogen) atoms. The third-order valence-corrected chi connectivity index (χ3v) is 1.64. The Morgan fingerprint density at radius 3 is 2.53 bits per heavy atom. The molecule has 0 bridgehead atoms. The summed E-state index contributed by atoms with van der Waals surface area (Å²) in [5, 5.41) is 2.67. The molecule has 78 valence electrons. The number of rotatable bonds is 4. The van der Waals surface area contributed by atoms with Gasteiger partial charge in [0, 0.05) is 12.1 Å². The molecule has 0 saturated carbocycles. The molecular formula is C11H12N2O2. The van der Waals surface area contributed by atoms with Gasteiger partial charge in [-0.3, -0.25) is 9.59 Å². The Morgan fingerprint density at radius 2 is 1.93 bits per heavy atom. The van der Waals surface area contributed by atoms with E-state index in [2.05, 4.69) is 5.32 Å². The molecule has 0 fully saturated rings. The summed E-state index contributed by atoms with van der Waals surface area (Å²) < 4.78 is 0. The van der Waals surface area contributed by atoms with E-state index < -0.39 is 5.91 Å². The molecule has 0 aliphatic carbocycles. The molecule has 0 heterocycles. The number of hydrogen-bond acceptors (Lipinski definition) is 2. The molecule has 0 aromatic heterocycles. The van der Waals surface area contributed by atoms with Gasteiger partial charge in [-0.15, -0.1) is 0 Å². The van der Waals surface area contributed by atoms with Crippen LogP contribution in [0.2, 0.25) is 0 Å². The van der Waals surface area contributed by atoms with Crippen molar-refractivity contribution in [1.29, 1.82) is 0 Å². The molecule has 4 nitrogen and oxygen atoms in total. The van der Waals surface area contributed by atoms with Crippen LogP contribution in [-0.4, -0.2) is 11.8 Å². The maximum absolute atomic E-state index is 11.3. The van der Waals surface area contributed by atoms with Crippen LogP contribution in [0, 0.1) is 0 Å². The first-order valence-electron chi connectivity index (χ1n) is 4.49. The van der Waals surface area contributed by atoms with Crippen LogP contribution in [0.4, 0.5) is 5.69 Å². The van der Waals surface area contributed by atoms with Crippen LogP contribution in [0.3, 0.4) is 0 Å². The molecule has 0 atom stereocenters. The van der Waals surface area contributed by atoms with Crippen LogP contribution in [0.5, 0.6) is 0 Å². The van der Waals surface area contributed by atoms with Crippen molar-refractivity contribution in [2.45, 2.75) is 6.42 Å². The minimum atomic E-state index is -0.553. The summed E-state index contributed by atoms with van der Waals surface area (Å²) in [7, 11) is 0. The number of benzene rings is 1. The average Bonchev–Trinajstić information content (AvgIpc) is 2.18. The lowest BCUT2D eigenvalue weighted by Gasteiger charge is -2.01. The maximum Gasteiger partial charge on any atom is 0.241 e. The molecule has 0 unspecified atom stereocenters. The van der Waals surface area contributed by atoms with Gasteiger partial charge in [0.1, 0.15) is 0 Å². The molecule has 1 rings (SSSR count). The highest BCUT2D eigenvalue weighted by Crippen LogP contribution is 2.05. The standard InChI is InChI=1S/C11H12N2O2/c12-10(14)7-4-8-11(15)13-9-5-2-1-3-6-9/h1-7H,8H2,(H2,12,14)(H,13,15). The van der Waals surface area contributed by atoms with E-state index in [1.165, 1.54) is 12.2 Å². The Balaban J connectivity index is 2.40. The highest BCUT2D eigenvalue weighted by atomic mass is 16.2. The summed E-state index contributed by atoms with van der Waals surface area (Å²) in [6.07, 6.45) is 2.74. The van der Waals surface area contributed by atoms with E-state index in [1.807, 2.05) is 18.2 Å². The Hall–Kier alpha value is -2.10. The molecule has 0 spiro atoms. The molecule has 0 radical (unpaired) electrons. The Bertz CT molecular complexity index is 371. The fourth-order valence-corrected chi connectivity index (χ4v) is 1.02. The lowest BCUT2D eigenvalue weighted by molar-refractivity contribution is -0.115. The summed E-state index contributed by atoms with van der Waals surface area (Å²) >= 11 is 0. The van der Waals surface area contributed by atoms with Gasteiger partial charge in [-0.05, 0) is 18.2 Å². The fourth-order valence-electron chi connectivity index (χ4n) is 1.02. The number of carbonyl (C=O) groups excluding carboxylic acids is 2. The van der Waals surface area contributed by atoms with Crippen LogP contribution in [0.25, 0.3) is 0 Å². The van der Waals surface area contributed by atoms with Crippen molar-refractivity contribution in [3.05, 3.63) is 42.5 Å². The molecule has 4 heteroatoms. The number of hydrogen-bond donors (Lipinski definition) is 2. The van der Waals surface area contributed by atoms with E-state index in [4.69, 9.17) is 5.73 Å². The lowest BCUT2D eigenvalue weighted by atomic mass is 10.3. The molecule has 0 aliphatic heterocycles. The van der Waals surface area contributed by atoms with Gasteiger partial charge >= 0.3 is 0 Å². The minimum absolute atomic E-state index is 0.137. The second-order valence-electron chi connectivity index (χ2n) is 2.92. The zero-order chi connectivity index (χ0) is 11.1. The summed E-state index contributed by atoms with van der Waals surface area (Å²) in [5.74, 6) is -0.735. The van der Waals surface area contributed by atoms with Crippen LogP contribution >= 0.6 is 0 Å². The van der Waals surface area contributed by atoms with Gasteiger partial charge in [-0.1, -0.05) is 24.3 Å². The monoisotopic (exact) mass is 204 g/mol. The first-order valence-corrected chi connectivity index (χ1v) is 4.49. The number of nitrogens with one attached hydrogen (secondary N) is 1. The quantitative estimate of drug-likeness (QED) is 0.720. The van der Waals surface area contributed by atoms with Gasteiger partial charge in [-0.2, -0.15) is 0 Å². The van der Waals surface area contributed by atoms with Crippen LogP contribution in [-0.2, 0) is 9.59 Å². The summed E-state index contributed by atoms with van der Waals surface area (Å²) in [6, 6.07) is 9.10. The fraction of sp³-hybridized carbons (Fsp3) is 0.0909. The molecule has 0 aliphatic rings. The zero-order valence-corrected chi connectivity index (χ0v) is 8.14. The highest BCUT2D eigenvalue weighted by Gasteiger charge is 1.98. The second kappa shape index (κ2) is 5.59. The minimum Gasteiger partial charge on any atom is -0.366 e. The predicted molar refractivity (Wildman–Crippen MR) is 58.0 cm³/mol. The zero-order valence-electron chi connectivity index (χ0n) is 8.14. The van der Waals surface area contributed by atoms with Crippen LogP contribution in [0.1, 0.15) is 6.42 Å². The van der Waals surface area contributed by atoms with Gasteiger partial charge in [0.25, 0.3) is 0 Å². The summed E-state index contributed by atoms with van der Waals surface area (Å²) in [5.41, 5.74) is 5.61. The number of amides is 2. The normalized spacial score (nSPS) is 10.1. The largest absolute Gasteiger partial charge is 0.366 e. The summed E-state index contributed by atoms with van der Waals surface area (Å²) in [4.78, 5) is 21.6. The van der Waals surface area contributed by atoms with Crippen LogP contribution < -0.4 is 11.1 Å². The van der Waals surface area contributed by atoms with Crippen molar-refractivity contribution in [3.63, 3.8) is 0 Å². The van der Waals surface area contributed by atoms with E-state index in [0.717, 1.165) is 5.69 Å². The number of nitrogens with two attached hydrogens (primary N) is 1.